The van der Waals surface area contributed by atoms with Gasteiger partial charge < -0.3 is 4.74 Å². The van der Waals surface area contributed by atoms with Crippen LogP contribution >= 0.6 is 0 Å². The van der Waals surface area contributed by atoms with Crippen LogP contribution in [0.2, 0.25) is 0 Å². The molecule has 0 radical (unpaired) electrons. The van der Waals surface area contributed by atoms with E-state index in [1.165, 1.54) is 0 Å². The van der Waals surface area contributed by atoms with Crippen LogP contribution in [-0.4, -0.2) is 23.8 Å². The topological polar surface area (TPSA) is 59.5 Å². The molecular formula is C23H24N2O3. The Kier molecular flexibility index (Phi) is 4.53. The van der Waals surface area contributed by atoms with Gasteiger partial charge in [0.05, 0.1) is 19.0 Å². The molecule has 0 saturated carbocycles. The highest BCUT2D eigenvalue weighted by Crippen LogP contribution is 2.48. The molecule has 1 amide bonds. The van der Waals surface area contributed by atoms with Gasteiger partial charge in [-0.3, -0.25) is 19.5 Å². The Bertz CT molecular complexity index is 963. The minimum atomic E-state index is -0.242. The molecule has 0 saturated heterocycles. The molecule has 0 N–H and O–H groups in total. The first-order valence-corrected chi connectivity index (χ1v) is 9.53. The van der Waals surface area contributed by atoms with E-state index in [2.05, 4.69) is 18.8 Å². The number of amides is 1. The normalized spacial score (nSPS) is 21.5. The molecule has 2 heterocycles. The average molecular weight is 376 g/mol. The summed E-state index contributed by atoms with van der Waals surface area (Å²) in [4.78, 5) is 32.3. The zero-order valence-electron chi connectivity index (χ0n) is 16.4. The van der Waals surface area contributed by atoms with Gasteiger partial charge in [0, 0.05) is 36.2 Å². The van der Waals surface area contributed by atoms with Crippen LogP contribution in [0.15, 0.2) is 60.1 Å². The van der Waals surface area contributed by atoms with E-state index < -0.39 is 0 Å². The maximum atomic E-state index is 13.2. The van der Waals surface area contributed by atoms with Crippen molar-refractivity contribution in [1.29, 1.82) is 0 Å². The molecule has 0 fully saturated rings. The predicted octanol–water partition coefficient (Wildman–Crippen LogP) is 4.25. The van der Waals surface area contributed by atoms with Crippen LogP contribution in [0.3, 0.4) is 0 Å². The number of anilines is 1. The summed E-state index contributed by atoms with van der Waals surface area (Å²) < 4.78 is 5.35. The lowest BCUT2D eigenvalue weighted by Crippen LogP contribution is -2.43. The van der Waals surface area contributed by atoms with E-state index in [-0.39, 0.29) is 29.4 Å². The number of hydrogen-bond donors (Lipinski definition) is 0. The molecule has 1 unspecified atom stereocenters. The lowest BCUT2D eigenvalue weighted by Gasteiger charge is -2.42. The summed E-state index contributed by atoms with van der Waals surface area (Å²) in [5.41, 5.74) is 3.05. The van der Waals surface area contributed by atoms with Crippen LogP contribution in [-0.2, 0) is 9.59 Å². The molecule has 2 aromatic rings. The zero-order valence-corrected chi connectivity index (χ0v) is 16.4. The Morgan fingerprint density at radius 2 is 1.96 bits per heavy atom. The van der Waals surface area contributed by atoms with Gasteiger partial charge in [-0.15, -0.1) is 0 Å². The first-order valence-electron chi connectivity index (χ1n) is 9.53. The van der Waals surface area contributed by atoms with Crippen molar-refractivity contribution in [3.8, 4) is 5.75 Å². The molecule has 0 spiro atoms. The third kappa shape index (κ3) is 3.21. The lowest BCUT2D eigenvalue weighted by atomic mass is 9.69. The van der Waals surface area contributed by atoms with Crippen molar-refractivity contribution in [2.45, 2.75) is 39.0 Å². The molecular weight excluding hydrogens is 352 g/mol. The highest BCUT2D eigenvalue weighted by atomic mass is 16.5. The first-order chi connectivity index (χ1) is 13.4. The number of pyridine rings is 1. The number of carbonyl (C=O) groups excluding carboxylic acids is 2. The van der Waals surface area contributed by atoms with Crippen molar-refractivity contribution in [2.75, 3.05) is 12.0 Å². The predicted molar refractivity (Wildman–Crippen MR) is 107 cm³/mol. The molecule has 5 nitrogen and oxygen atoms in total. The Labute approximate surface area is 165 Å². The van der Waals surface area contributed by atoms with E-state index in [1.807, 2.05) is 36.4 Å². The quantitative estimate of drug-likeness (QED) is 0.803. The molecule has 0 bridgehead atoms. The standard InChI is InChI=1S/C23H24N2O3/c1-23(2)12-19-22(20(26)13-23)18(15-6-4-8-17(10-15)28-3)11-21(27)25(19)16-7-5-9-24-14-16/h4-10,14,18H,11-13H2,1-3H3. The number of methoxy groups -OCH3 is 1. The number of Topliss-reactive ketones (excluding diaryl/α,β-unsaturated/α-hetero) is 1. The summed E-state index contributed by atoms with van der Waals surface area (Å²) in [6, 6.07) is 11.4. The summed E-state index contributed by atoms with van der Waals surface area (Å²) in [6.45, 7) is 4.16. The van der Waals surface area contributed by atoms with Crippen molar-refractivity contribution < 1.29 is 14.3 Å². The number of hydrogen-bond acceptors (Lipinski definition) is 4. The fraction of sp³-hybridized carbons (Fsp3) is 0.348. The second-order valence-electron chi connectivity index (χ2n) is 8.28. The Morgan fingerprint density at radius 3 is 2.68 bits per heavy atom. The minimum Gasteiger partial charge on any atom is -0.497 e. The number of ketones is 1. The van der Waals surface area contributed by atoms with Gasteiger partial charge in [-0.05, 0) is 41.7 Å². The average Bonchev–Trinajstić information content (AvgIpc) is 2.67. The van der Waals surface area contributed by atoms with E-state index in [9.17, 15) is 9.59 Å². The van der Waals surface area contributed by atoms with Gasteiger partial charge in [-0.25, -0.2) is 0 Å². The molecule has 1 aliphatic heterocycles. The number of ether oxygens (including phenoxy) is 1. The lowest BCUT2D eigenvalue weighted by molar-refractivity contribution is -0.121. The van der Waals surface area contributed by atoms with Gasteiger partial charge >= 0.3 is 0 Å². The first kappa shape index (κ1) is 18.4. The molecule has 28 heavy (non-hydrogen) atoms. The van der Waals surface area contributed by atoms with Crippen molar-refractivity contribution in [1.82, 2.24) is 4.98 Å². The van der Waals surface area contributed by atoms with Gasteiger partial charge in [-0.1, -0.05) is 26.0 Å². The minimum absolute atomic E-state index is 0.00919. The number of carbonyl (C=O) groups is 2. The van der Waals surface area contributed by atoms with E-state index in [0.29, 0.717) is 12.8 Å². The third-order valence-corrected chi connectivity index (χ3v) is 5.54. The third-order valence-electron chi connectivity index (χ3n) is 5.54. The maximum absolute atomic E-state index is 13.2. The highest BCUT2D eigenvalue weighted by Gasteiger charge is 2.44. The van der Waals surface area contributed by atoms with E-state index in [4.69, 9.17) is 4.74 Å². The molecule has 144 valence electrons. The van der Waals surface area contributed by atoms with Crippen LogP contribution in [0, 0.1) is 5.41 Å². The number of rotatable bonds is 3. The van der Waals surface area contributed by atoms with Crippen molar-refractivity contribution in [3.05, 3.63) is 65.6 Å². The number of aromatic nitrogens is 1. The molecule has 1 aromatic carbocycles. The molecule has 1 aromatic heterocycles. The molecule has 2 aliphatic rings. The monoisotopic (exact) mass is 376 g/mol. The summed E-state index contributed by atoms with van der Waals surface area (Å²) in [6.07, 6.45) is 4.78. The number of allylic oxidation sites excluding steroid dienone is 2. The van der Waals surface area contributed by atoms with Crippen LogP contribution in [0.4, 0.5) is 5.69 Å². The Balaban J connectivity index is 1.89. The molecule has 5 heteroatoms. The van der Waals surface area contributed by atoms with E-state index in [0.717, 1.165) is 28.3 Å². The van der Waals surface area contributed by atoms with Gasteiger partial charge in [-0.2, -0.15) is 0 Å². The largest absolute Gasteiger partial charge is 0.497 e. The Hall–Kier alpha value is -2.95. The second-order valence-corrected chi connectivity index (χ2v) is 8.28. The van der Waals surface area contributed by atoms with Crippen LogP contribution < -0.4 is 9.64 Å². The zero-order chi connectivity index (χ0) is 19.9. The van der Waals surface area contributed by atoms with Crippen molar-refractivity contribution in [2.24, 2.45) is 5.41 Å². The maximum Gasteiger partial charge on any atom is 0.232 e. The van der Waals surface area contributed by atoms with Crippen molar-refractivity contribution >= 4 is 17.4 Å². The van der Waals surface area contributed by atoms with Gasteiger partial charge in [0.1, 0.15) is 5.75 Å². The summed E-state index contributed by atoms with van der Waals surface area (Å²) in [7, 11) is 1.62. The number of benzene rings is 1. The van der Waals surface area contributed by atoms with E-state index in [1.54, 1.807) is 24.4 Å². The van der Waals surface area contributed by atoms with Crippen LogP contribution in [0.25, 0.3) is 0 Å². The summed E-state index contributed by atoms with van der Waals surface area (Å²) in [5.74, 6) is 0.602. The van der Waals surface area contributed by atoms with Crippen LogP contribution in [0.1, 0.15) is 44.6 Å². The Morgan fingerprint density at radius 1 is 1.14 bits per heavy atom. The van der Waals surface area contributed by atoms with Gasteiger partial charge in [0.2, 0.25) is 5.91 Å². The van der Waals surface area contributed by atoms with Crippen LogP contribution in [0.5, 0.6) is 5.75 Å². The van der Waals surface area contributed by atoms with Gasteiger partial charge in [0.15, 0.2) is 5.78 Å². The molecule has 4 rings (SSSR count). The molecule has 1 atom stereocenters. The summed E-state index contributed by atoms with van der Waals surface area (Å²) in [5, 5.41) is 0. The van der Waals surface area contributed by atoms with Gasteiger partial charge in [0.25, 0.3) is 0 Å². The fourth-order valence-corrected chi connectivity index (χ4v) is 4.34. The second kappa shape index (κ2) is 6.89. The number of nitrogens with zero attached hydrogens (tertiary/aromatic N) is 2. The highest BCUT2D eigenvalue weighted by molar-refractivity contribution is 6.07. The fourth-order valence-electron chi connectivity index (χ4n) is 4.34. The SMILES string of the molecule is COc1cccc(C2CC(=O)N(c3cccnc3)C3=C2C(=O)CC(C)(C)C3)c1. The van der Waals surface area contributed by atoms with Crippen molar-refractivity contribution in [3.63, 3.8) is 0 Å². The summed E-state index contributed by atoms with van der Waals surface area (Å²) >= 11 is 0. The molecule has 1 aliphatic carbocycles. The smallest absolute Gasteiger partial charge is 0.232 e. The van der Waals surface area contributed by atoms with E-state index >= 15 is 0 Å².